The number of hydrogen-bond donors (Lipinski definition) is 2. The van der Waals surface area contributed by atoms with Crippen molar-refractivity contribution in [2.24, 2.45) is 5.10 Å². The van der Waals surface area contributed by atoms with E-state index in [1.165, 1.54) is 12.3 Å². The van der Waals surface area contributed by atoms with Gasteiger partial charge >= 0.3 is 0 Å². The molecule has 1 aromatic heterocycles. The van der Waals surface area contributed by atoms with Crippen molar-refractivity contribution < 1.29 is 13.9 Å². The number of para-hydroxylation sites is 1. The van der Waals surface area contributed by atoms with Crippen LogP contribution in [-0.4, -0.2) is 22.3 Å². The Hall–Kier alpha value is -3.33. The number of carbonyl (C=O) groups is 1. The van der Waals surface area contributed by atoms with E-state index in [9.17, 15) is 9.18 Å². The normalized spacial score (nSPS) is 10.9. The van der Waals surface area contributed by atoms with Gasteiger partial charge in [-0.05, 0) is 18.2 Å². The topological polar surface area (TPSA) is 102 Å². The molecule has 1 amide bonds. The largest absolute Gasteiger partial charge is 0.488 e. The maximum atomic E-state index is 13.7. The molecule has 9 heteroatoms. The molecule has 0 aliphatic heterocycles. The summed E-state index contributed by atoms with van der Waals surface area (Å²) >= 11 is 1.15. The van der Waals surface area contributed by atoms with Gasteiger partial charge in [-0.2, -0.15) is 5.10 Å². The third-order valence-corrected chi connectivity index (χ3v) is 4.20. The molecule has 1 heterocycles. The number of nitrogens with one attached hydrogen (secondary N) is 1. The predicted molar refractivity (Wildman–Crippen MR) is 101 cm³/mol. The minimum atomic E-state index is -0.341. The molecular weight excluding hydrogens is 369 g/mol. The molecule has 0 spiro atoms. The van der Waals surface area contributed by atoms with Crippen molar-refractivity contribution in [3.05, 3.63) is 70.5 Å². The van der Waals surface area contributed by atoms with E-state index in [-0.39, 0.29) is 24.8 Å². The number of amides is 1. The van der Waals surface area contributed by atoms with Crippen molar-refractivity contribution in [1.82, 2.24) is 15.6 Å². The minimum Gasteiger partial charge on any atom is -0.488 e. The van der Waals surface area contributed by atoms with E-state index < -0.39 is 0 Å². The first-order chi connectivity index (χ1) is 13.1. The van der Waals surface area contributed by atoms with Crippen molar-refractivity contribution in [2.75, 3.05) is 5.73 Å². The van der Waals surface area contributed by atoms with Gasteiger partial charge in [-0.15, -0.1) is 10.2 Å². The number of halogens is 1. The number of hydrogen-bond acceptors (Lipinski definition) is 7. The number of rotatable bonds is 7. The highest BCUT2D eigenvalue weighted by molar-refractivity contribution is 7.15. The molecule has 2 aromatic carbocycles. The van der Waals surface area contributed by atoms with Gasteiger partial charge in [0.05, 0.1) is 12.6 Å². The molecule has 0 unspecified atom stereocenters. The highest BCUT2D eigenvalue weighted by Gasteiger charge is 2.08. The van der Waals surface area contributed by atoms with Crippen molar-refractivity contribution in [3.63, 3.8) is 0 Å². The number of ether oxygens (including phenoxy) is 1. The van der Waals surface area contributed by atoms with Crippen LogP contribution < -0.4 is 15.9 Å². The van der Waals surface area contributed by atoms with Crippen LogP contribution in [0.4, 0.5) is 9.52 Å². The van der Waals surface area contributed by atoms with Crippen LogP contribution >= 0.6 is 11.3 Å². The van der Waals surface area contributed by atoms with Crippen LogP contribution in [0.5, 0.6) is 5.75 Å². The fourth-order valence-electron chi connectivity index (χ4n) is 2.18. The van der Waals surface area contributed by atoms with Crippen LogP contribution in [0.1, 0.15) is 16.1 Å². The van der Waals surface area contributed by atoms with Gasteiger partial charge in [0.1, 0.15) is 23.2 Å². The van der Waals surface area contributed by atoms with Gasteiger partial charge in [-0.1, -0.05) is 41.7 Å². The monoisotopic (exact) mass is 385 g/mol. The fraction of sp³-hybridized carbons (Fsp3) is 0.111. The number of anilines is 1. The van der Waals surface area contributed by atoms with E-state index in [4.69, 9.17) is 10.5 Å². The van der Waals surface area contributed by atoms with Crippen molar-refractivity contribution >= 4 is 28.6 Å². The van der Waals surface area contributed by atoms with Crippen LogP contribution in [-0.2, 0) is 17.8 Å². The Bertz CT molecular complexity index is 960. The van der Waals surface area contributed by atoms with Crippen molar-refractivity contribution in [2.45, 2.75) is 13.0 Å². The lowest BCUT2D eigenvalue weighted by Crippen LogP contribution is -2.19. The quantitative estimate of drug-likeness (QED) is 0.481. The molecular formula is C18H16FN5O2S. The summed E-state index contributed by atoms with van der Waals surface area (Å²) in [4.78, 5) is 11.8. The molecule has 0 aliphatic rings. The molecule has 0 saturated heterocycles. The summed E-state index contributed by atoms with van der Waals surface area (Å²) in [5, 5.41) is 12.2. The lowest BCUT2D eigenvalue weighted by atomic mass is 10.2. The van der Waals surface area contributed by atoms with Crippen LogP contribution in [0.25, 0.3) is 0 Å². The van der Waals surface area contributed by atoms with Gasteiger partial charge in [-0.3, -0.25) is 4.79 Å². The zero-order valence-corrected chi connectivity index (χ0v) is 14.9. The van der Waals surface area contributed by atoms with E-state index in [0.717, 1.165) is 11.3 Å². The first-order valence-corrected chi connectivity index (χ1v) is 8.78. The molecule has 3 aromatic rings. The van der Waals surface area contributed by atoms with Gasteiger partial charge in [0.25, 0.3) is 0 Å². The number of nitrogens with two attached hydrogens (primary N) is 1. The van der Waals surface area contributed by atoms with E-state index in [1.54, 1.807) is 36.4 Å². The highest BCUT2D eigenvalue weighted by atomic mass is 32.1. The summed E-state index contributed by atoms with van der Waals surface area (Å²) in [7, 11) is 0. The Morgan fingerprint density at radius 3 is 2.78 bits per heavy atom. The van der Waals surface area contributed by atoms with Crippen molar-refractivity contribution in [1.29, 1.82) is 0 Å². The number of nitrogens with zero attached hydrogens (tertiary/aromatic N) is 3. The SMILES string of the molecule is Nc1nnc(CC(=O)N/N=C\c2ccccc2OCc2ccccc2F)s1. The van der Waals surface area contributed by atoms with Gasteiger partial charge in [0.15, 0.2) is 0 Å². The maximum absolute atomic E-state index is 13.7. The van der Waals surface area contributed by atoms with Crippen LogP contribution in [0, 0.1) is 5.82 Å². The number of benzene rings is 2. The van der Waals surface area contributed by atoms with E-state index in [0.29, 0.717) is 27.0 Å². The Morgan fingerprint density at radius 2 is 2.00 bits per heavy atom. The molecule has 0 saturated carbocycles. The molecule has 3 rings (SSSR count). The van der Waals surface area contributed by atoms with Gasteiger partial charge in [-0.25, -0.2) is 9.82 Å². The Kier molecular flexibility index (Phi) is 6.06. The maximum Gasteiger partial charge on any atom is 0.247 e. The minimum absolute atomic E-state index is 0.0393. The van der Waals surface area contributed by atoms with Gasteiger partial charge < -0.3 is 10.5 Å². The standard InChI is InChI=1S/C18H16FN5O2S/c19-14-7-3-1-6-13(14)11-26-15-8-4-2-5-12(15)10-21-22-16(25)9-17-23-24-18(20)27-17/h1-8,10H,9,11H2,(H2,20,24)(H,22,25)/b21-10-. The molecule has 138 valence electrons. The predicted octanol–water partition coefficient (Wildman–Crippen LogP) is 2.53. The molecule has 0 atom stereocenters. The third kappa shape index (κ3) is 5.32. The lowest BCUT2D eigenvalue weighted by Gasteiger charge is -2.09. The molecule has 0 bridgehead atoms. The second-order valence-electron chi connectivity index (χ2n) is 5.42. The Balaban J connectivity index is 1.59. The number of hydrazone groups is 1. The summed E-state index contributed by atoms with van der Waals surface area (Å²) in [5.74, 6) is -0.143. The zero-order valence-electron chi connectivity index (χ0n) is 14.1. The second-order valence-corrected chi connectivity index (χ2v) is 6.52. The summed E-state index contributed by atoms with van der Waals surface area (Å²) in [5.41, 5.74) is 8.99. The summed E-state index contributed by atoms with van der Waals surface area (Å²) in [6.07, 6.45) is 1.50. The summed E-state index contributed by atoms with van der Waals surface area (Å²) in [6.45, 7) is 0.0857. The highest BCUT2D eigenvalue weighted by Crippen LogP contribution is 2.18. The number of carbonyl (C=O) groups excluding carboxylic acids is 1. The molecule has 0 aliphatic carbocycles. The van der Waals surface area contributed by atoms with Gasteiger partial charge in [0, 0.05) is 11.1 Å². The van der Waals surface area contributed by atoms with E-state index in [2.05, 4.69) is 20.7 Å². The van der Waals surface area contributed by atoms with Crippen LogP contribution in [0.3, 0.4) is 0 Å². The van der Waals surface area contributed by atoms with E-state index >= 15 is 0 Å². The first kappa shape index (κ1) is 18.5. The average molecular weight is 385 g/mol. The second kappa shape index (κ2) is 8.86. The summed E-state index contributed by atoms with van der Waals surface area (Å²) in [6, 6.07) is 13.5. The molecule has 7 nitrogen and oxygen atoms in total. The van der Waals surface area contributed by atoms with Crippen LogP contribution in [0.2, 0.25) is 0 Å². The number of aromatic nitrogens is 2. The smallest absolute Gasteiger partial charge is 0.247 e. The fourth-order valence-corrected chi connectivity index (χ4v) is 2.79. The summed E-state index contributed by atoms with van der Waals surface area (Å²) < 4.78 is 19.4. The Labute approximate surface area is 158 Å². The molecule has 3 N–H and O–H groups in total. The molecule has 0 radical (unpaired) electrons. The first-order valence-electron chi connectivity index (χ1n) is 7.97. The number of nitrogen functional groups attached to an aromatic ring is 1. The average Bonchev–Trinajstić information content (AvgIpc) is 3.06. The molecule has 27 heavy (non-hydrogen) atoms. The molecule has 0 fully saturated rings. The zero-order chi connectivity index (χ0) is 19.1. The Morgan fingerprint density at radius 1 is 1.22 bits per heavy atom. The van der Waals surface area contributed by atoms with Crippen molar-refractivity contribution in [3.8, 4) is 5.75 Å². The lowest BCUT2D eigenvalue weighted by molar-refractivity contribution is -0.120. The third-order valence-electron chi connectivity index (χ3n) is 3.45. The van der Waals surface area contributed by atoms with Gasteiger partial charge in [0.2, 0.25) is 11.0 Å². The van der Waals surface area contributed by atoms with E-state index in [1.807, 2.05) is 6.07 Å². The van der Waals surface area contributed by atoms with Crippen LogP contribution in [0.15, 0.2) is 53.6 Å².